The molecule has 2 unspecified atom stereocenters. The van der Waals surface area contributed by atoms with Crippen LogP contribution in [0.2, 0.25) is 0 Å². The molecule has 2 atom stereocenters. The molecule has 6 heteroatoms. The smallest absolute Gasteiger partial charge is 0.253 e. The minimum atomic E-state index is -1.17. The summed E-state index contributed by atoms with van der Waals surface area (Å²) in [5.41, 5.74) is 0.855. The summed E-state index contributed by atoms with van der Waals surface area (Å²) in [6.07, 6.45) is -2.31. The molecule has 0 aliphatic carbocycles. The molecular weight excluding hydrogens is 260 g/mol. The fourth-order valence-corrected chi connectivity index (χ4v) is 1.70. The minimum absolute atomic E-state index is 0.0532. The first-order chi connectivity index (χ1) is 9.32. The number of nitrogens with one attached hydrogen (secondary N) is 1. The Labute approximate surface area is 118 Å². The molecule has 0 saturated heterocycles. The van der Waals surface area contributed by atoms with Crippen LogP contribution in [0.15, 0.2) is 24.3 Å². The highest BCUT2D eigenvalue weighted by atomic mass is 16.3. The predicted octanol–water partition coefficient (Wildman–Crippen LogP) is -0.0812. The summed E-state index contributed by atoms with van der Waals surface area (Å²) in [7, 11) is 3.27. The van der Waals surface area contributed by atoms with Crippen molar-refractivity contribution in [3.63, 3.8) is 0 Å². The van der Waals surface area contributed by atoms with Gasteiger partial charge in [-0.3, -0.25) is 9.59 Å². The van der Waals surface area contributed by atoms with E-state index in [1.54, 1.807) is 32.3 Å². The lowest BCUT2D eigenvalue weighted by atomic mass is 10.0. The molecule has 1 aromatic rings. The molecule has 6 nitrogen and oxygen atoms in total. The Balaban J connectivity index is 2.83. The lowest BCUT2D eigenvalue weighted by Crippen LogP contribution is -2.34. The third-order valence-corrected chi connectivity index (χ3v) is 2.81. The second kappa shape index (κ2) is 7.02. The summed E-state index contributed by atoms with van der Waals surface area (Å²) < 4.78 is 0. The summed E-state index contributed by atoms with van der Waals surface area (Å²) in [4.78, 5) is 24.0. The van der Waals surface area contributed by atoms with Gasteiger partial charge in [0.05, 0.1) is 0 Å². The third kappa shape index (κ3) is 4.32. The maximum atomic E-state index is 11.8. The first kappa shape index (κ1) is 16.1. The van der Waals surface area contributed by atoms with Crippen molar-refractivity contribution >= 4 is 11.8 Å². The van der Waals surface area contributed by atoms with Crippen LogP contribution in [0.4, 0.5) is 0 Å². The van der Waals surface area contributed by atoms with Crippen molar-refractivity contribution < 1.29 is 19.8 Å². The summed E-state index contributed by atoms with van der Waals surface area (Å²) in [5.74, 6) is -0.469. The zero-order valence-electron chi connectivity index (χ0n) is 11.8. The number of aliphatic hydroxyl groups is 2. The lowest BCUT2D eigenvalue weighted by molar-refractivity contribution is -0.119. The molecule has 3 N–H and O–H groups in total. The normalized spacial score (nSPS) is 13.4. The Kier molecular flexibility index (Phi) is 5.66. The van der Waals surface area contributed by atoms with Crippen molar-refractivity contribution in [3.05, 3.63) is 35.4 Å². The molecule has 0 radical (unpaired) electrons. The van der Waals surface area contributed by atoms with Crippen molar-refractivity contribution in [2.24, 2.45) is 0 Å². The summed E-state index contributed by atoms with van der Waals surface area (Å²) in [5, 5.41) is 22.2. The van der Waals surface area contributed by atoms with E-state index in [2.05, 4.69) is 5.32 Å². The molecule has 2 amide bonds. The first-order valence-electron chi connectivity index (χ1n) is 6.25. The number of nitrogens with zero attached hydrogens (tertiary/aromatic N) is 1. The van der Waals surface area contributed by atoms with Crippen molar-refractivity contribution in [3.8, 4) is 0 Å². The second-order valence-corrected chi connectivity index (χ2v) is 4.77. The van der Waals surface area contributed by atoms with Gasteiger partial charge in [-0.2, -0.15) is 0 Å². The highest BCUT2D eigenvalue weighted by Crippen LogP contribution is 2.18. The monoisotopic (exact) mass is 280 g/mol. The van der Waals surface area contributed by atoms with Crippen LogP contribution in [-0.2, 0) is 4.79 Å². The van der Waals surface area contributed by atoms with Gasteiger partial charge in [-0.1, -0.05) is 12.1 Å². The largest absolute Gasteiger partial charge is 0.388 e. The fourth-order valence-electron chi connectivity index (χ4n) is 1.70. The molecular formula is C14H20N2O4. The molecule has 1 rings (SSSR count). The highest BCUT2D eigenvalue weighted by molar-refractivity contribution is 5.94. The summed E-state index contributed by atoms with van der Waals surface area (Å²) >= 11 is 0. The molecule has 0 heterocycles. The van der Waals surface area contributed by atoms with Gasteiger partial charge in [0.1, 0.15) is 12.2 Å². The van der Waals surface area contributed by atoms with Crippen LogP contribution in [-0.4, -0.2) is 53.7 Å². The lowest BCUT2D eigenvalue weighted by Gasteiger charge is -2.19. The SMILES string of the molecule is CC(=O)NCC(O)C(O)c1cccc(C(=O)N(C)C)c1. The van der Waals surface area contributed by atoms with Gasteiger partial charge in [0.15, 0.2) is 0 Å². The number of carbonyl (C=O) groups excluding carboxylic acids is 2. The molecule has 1 aromatic carbocycles. The van der Waals surface area contributed by atoms with Gasteiger partial charge in [0.25, 0.3) is 5.91 Å². The van der Waals surface area contributed by atoms with Crippen molar-refractivity contribution in [1.82, 2.24) is 10.2 Å². The van der Waals surface area contributed by atoms with Crippen LogP contribution in [0.5, 0.6) is 0 Å². The highest BCUT2D eigenvalue weighted by Gasteiger charge is 2.20. The number of benzene rings is 1. The van der Waals surface area contributed by atoms with Crippen LogP contribution in [0.1, 0.15) is 28.9 Å². The van der Waals surface area contributed by atoms with Gasteiger partial charge in [-0.15, -0.1) is 0 Å². The van der Waals surface area contributed by atoms with E-state index in [9.17, 15) is 19.8 Å². The fraction of sp³-hybridized carbons (Fsp3) is 0.429. The zero-order chi connectivity index (χ0) is 15.3. The van der Waals surface area contributed by atoms with Crippen molar-refractivity contribution in [1.29, 1.82) is 0 Å². The standard InChI is InChI=1S/C14H20N2O4/c1-9(17)15-8-12(18)13(19)10-5-4-6-11(7-10)14(20)16(2)3/h4-7,12-13,18-19H,8H2,1-3H3,(H,15,17). The Morgan fingerprint density at radius 2 is 1.95 bits per heavy atom. The molecule has 0 spiro atoms. The average Bonchev–Trinajstić information content (AvgIpc) is 2.43. The molecule has 0 aromatic heterocycles. The van der Waals surface area contributed by atoms with Crippen LogP contribution in [0.25, 0.3) is 0 Å². The van der Waals surface area contributed by atoms with E-state index in [1.165, 1.54) is 17.9 Å². The minimum Gasteiger partial charge on any atom is -0.388 e. The molecule has 0 saturated carbocycles. The predicted molar refractivity (Wildman–Crippen MR) is 74.1 cm³/mol. The van der Waals surface area contributed by atoms with E-state index < -0.39 is 12.2 Å². The quantitative estimate of drug-likeness (QED) is 0.703. The van der Waals surface area contributed by atoms with Crippen LogP contribution in [0, 0.1) is 0 Å². The van der Waals surface area contributed by atoms with Crippen LogP contribution >= 0.6 is 0 Å². The number of hydrogen-bond acceptors (Lipinski definition) is 4. The van der Waals surface area contributed by atoms with Gasteiger partial charge >= 0.3 is 0 Å². The summed E-state index contributed by atoms with van der Waals surface area (Å²) in [6, 6.07) is 6.43. The zero-order valence-corrected chi connectivity index (χ0v) is 11.8. The number of hydrogen-bond donors (Lipinski definition) is 3. The van der Waals surface area contributed by atoms with Gasteiger partial charge in [0, 0.05) is 33.1 Å². The number of aliphatic hydroxyl groups excluding tert-OH is 2. The number of amides is 2. The Hall–Kier alpha value is -1.92. The van der Waals surface area contributed by atoms with Gasteiger partial charge in [-0.25, -0.2) is 0 Å². The van der Waals surface area contributed by atoms with E-state index in [1.807, 2.05) is 0 Å². The molecule has 0 fully saturated rings. The molecule has 0 aliphatic heterocycles. The van der Waals surface area contributed by atoms with E-state index in [-0.39, 0.29) is 18.4 Å². The Bertz CT molecular complexity index is 488. The topological polar surface area (TPSA) is 89.9 Å². The van der Waals surface area contributed by atoms with Crippen LogP contribution < -0.4 is 5.32 Å². The molecule has 110 valence electrons. The molecule has 20 heavy (non-hydrogen) atoms. The number of rotatable bonds is 5. The second-order valence-electron chi connectivity index (χ2n) is 4.77. The first-order valence-corrected chi connectivity index (χ1v) is 6.25. The van der Waals surface area contributed by atoms with E-state index in [4.69, 9.17) is 0 Å². The van der Waals surface area contributed by atoms with Gasteiger partial charge in [0.2, 0.25) is 5.91 Å². The number of carbonyl (C=O) groups is 2. The third-order valence-electron chi connectivity index (χ3n) is 2.81. The maximum absolute atomic E-state index is 11.8. The molecule has 0 aliphatic rings. The van der Waals surface area contributed by atoms with Gasteiger partial charge in [-0.05, 0) is 17.7 Å². The van der Waals surface area contributed by atoms with E-state index >= 15 is 0 Å². The molecule has 0 bridgehead atoms. The Morgan fingerprint density at radius 1 is 1.30 bits per heavy atom. The summed E-state index contributed by atoms with van der Waals surface area (Å²) in [6.45, 7) is 1.28. The van der Waals surface area contributed by atoms with E-state index in [0.29, 0.717) is 11.1 Å². The van der Waals surface area contributed by atoms with E-state index in [0.717, 1.165) is 0 Å². The van der Waals surface area contributed by atoms with Crippen molar-refractivity contribution in [2.75, 3.05) is 20.6 Å². The maximum Gasteiger partial charge on any atom is 0.253 e. The Morgan fingerprint density at radius 3 is 2.50 bits per heavy atom. The van der Waals surface area contributed by atoms with Crippen LogP contribution in [0.3, 0.4) is 0 Å². The van der Waals surface area contributed by atoms with Gasteiger partial charge < -0.3 is 20.4 Å². The average molecular weight is 280 g/mol. The van der Waals surface area contributed by atoms with Crippen molar-refractivity contribution in [2.45, 2.75) is 19.1 Å².